The monoisotopic (exact) mass is 427 g/mol. The molecule has 2 atom stereocenters. The minimum Gasteiger partial charge on any atom is -0.493 e. The van der Waals surface area contributed by atoms with E-state index in [9.17, 15) is 14.7 Å². The number of pyridine rings is 1. The van der Waals surface area contributed by atoms with Crippen LogP contribution in [0, 0.1) is 5.41 Å². The van der Waals surface area contributed by atoms with E-state index in [0.717, 1.165) is 47.4 Å². The number of nitrogens with zero attached hydrogens (tertiary/aromatic N) is 1. The first-order valence-electron chi connectivity index (χ1n) is 10.5. The number of ether oxygens (including phenoxy) is 3. The Morgan fingerprint density at radius 1 is 1.23 bits per heavy atom. The highest BCUT2D eigenvalue weighted by Gasteiger charge is 2.38. The van der Waals surface area contributed by atoms with Crippen LogP contribution in [-0.2, 0) is 17.6 Å². The smallest absolute Gasteiger partial charge is 0.341 e. The number of hydrogen-bond donors (Lipinski definition) is 1. The number of methoxy groups -OCH3 is 2. The van der Waals surface area contributed by atoms with Gasteiger partial charge in [0.1, 0.15) is 11.7 Å². The number of carbonyl (C=O) groups is 1. The van der Waals surface area contributed by atoms with Crippen molar-refractivity contribution in [3.8, 4) is 22.8 Å². The largest absolute Gasteiger partial charge is 0.493 e. The Bertz CT molecular complexity index is 1090. The second-order valence-electron chi connectivity index (χ2n) is 9.37. The highest BCUT2D eigenvalue weighted by atomic mass is 16.5. The van der Waals surface area contributed by atoms with Crippen LogP contribution in [0.5, 0.6) is 11.5 Å². The minimum atomic E-state index is -1.21. The van der Waals surface area contributed by atoms with E-state index in [0.29, 0.717) is 12.4 Å². The van der Waals surface area contributed by atoms with Crippen LogP contribution in [-0.4, -0.2) is 42.6 Å². The van der Waals surface area contributed by atoms with Crippen molar-refractivity contribution in [3.63, 3.8) is 0 Å². The van der Waals surface area contributed by atoms with Crippen molar-refractivity contribution in [2.24, 2.45) is 5.41 Å². The average Bonchev–Trinajstić information content (AvgIpc) is 3.13. The van der Waals surface area contributed by atoms with Crippen molar-refractivity contribution in [2.75, 3.05) is 20.8 Å². The predicted molar refractivity (Wildman–Crippen MR) is 116 cm³/mol. The van der Waals surface area contributed by atoms with Crippen LogP contribution >= 0.6 is 0 Å². The summed E-state index contributed by atoms with van der Waals surface area (Å²) >= 11 is 0. The van der Waals surface area contributed by atoms with Crippen LogP contribution in [0.15, 0.2) is 23.1 Å². The molecule has 1 aromatic carbocycles. The first kappa shape index (κ1) is 21.4. The van der Waals surface area contributed by atoms with Crippen molar-refractivity contribution < 1.29 is 24.1 Å². The zero-order valence-electron chi connectivity index (χ0n) is 18.7. The number of benzene rings is 1. The van der Waals surface area contributed by atoms with Crippen LogP contribution in [0.25, 0.3) is 11.3 Å². The van der Waals surface area contributed by atoms with Crippen molar-refractivity contribution in [1.82, 2.24) is 4.57 Å². The summed E-state index contributed by atoms with van der Waals surface area (Å²) in [4.78, 5) is 24.2. The molecule has 2 aliphatic heterocycles. The first-order valence-corrected chi connectivity index (χ1v) is 10.5. The third-order valence-corrected chi connectivity index (χ3v) is 6.36. The molecule has 0 aliphatic carbocycles. The van der Waals surface area contributed by atoms with Gasteiger partial charge in [-0.15, -0.1) is 0 Å². The van der Waals surface area contributed by atoms with Crippen LogP contribution < -0.4 is 14.9 Å². The van der Waals surface area contributed by atoms with E-state index in [1.807, 2.05) is 10.6 Å². The van der Waals surface area contributed by atoms with Gasteiger partial charge in [0, 0.05) is 56.0 Å². The maximum Gasteiger partial charge on any atom is 0.341 e. The fourth-order valence-electron chi connectivity index (χ4n) is 4.74. The summed E-state index contributed by atoms with van der Waals surface area (Å²) in [7, 11) is 3.29. The lowest BCUT2D eigenvalue weighted by Crippen LogP contribution is -2.33. The summed E-state index contributed by atoms with van der Waals surface area (Å²) in [6.07, 6.45) is 3.77. The Balaban J connectivity index is 1.94. The highest BCUT2D eigenvalue weighted by molar-refractivity contribution is 5.88. The Labute approximate surface area is 181 Å². The molecule has 31 heavy (non-hydrogen) atoms. The zero-order chi connectivity index (χ0) is 22.5. The standard InChI is InChI=1S/C24H29NO6/c1-24(2,3)21-10-14-15(18-11-19(26)17(23(27)28)12-25(18)21)9-20(30-5)22-16(14)8-13(31-22)6-7-29-4/h9,11-13,21H,6-8,10H2,1-5H3,(H,27,28). The second kappa shape index (κ2) is 7.71. The molecule has 0 bridgehead atoms. The van der Waals surface area contributed by atoms with E-state index in [1.165, 1.54) is 12.3 Å². The number of carboxylic acid groups (broad SMARTS) is 1. The van der Waals surface area contributed by atoms with Crippen LogP contribution in [0.1, 0.15) is 54.7 Å². The molecule has 2 aliphatic rings. The molecule has 0 fully saturated rings. The summed E-state index contributed by atoms with van der Waals surface area (Å²) in [6.45, 7) is 7.01. The Morgan fingerprint density at radius 3 is 2.58 bits per heavy atom. The molecule has 7 nitrogen and oxygen atoms in total. The number of aromatic nitrogens is 1. The molecule has 2 aromatic rings. The van der Waals surface area contributed by atoms with Gasteiger partial charge >= 0.3 is 5.97 Å². The lowest BCUT2D eigenvalue weighted by molar-refractivity contribution is 0.0693. The number of fused-ring (bicyclic) bond motifs is 5. The maximum absolute atomic E-state index is 12.6. The topological polar surface area (TPSA) is 87.0 Å². The van der Waals surface area contributed by atoms with Gasteiger partial charge in [-0.2, -0.15) is 0 Å². The highest BCUT2D eigenvalue weighted by Crippen LogP contribution is 2.50. The van der Waals surface area contributed by atoms with Gasteiger partial charge in [0.05, 0.1) is 12.8 Å². The summed E-state index contributed by atoms with van der Waals surface area (Å²) in [6, 6.07) is 3.35. The number of aromatic carboxylic acids is 1. The normalized spacial score (nSPS) is 19.3. The third kappa shape index (κ3) is 3.61. The zero-order valence-corrected chi connectivity index (χ0v) is 18.7. The van der Waals surface area contributed by atoms with Gasteiger partial charge in [0.15, 0.2) is 16.9 Å². The molecule has 0 spiro atoms. The van der Waals surface area contributed by atoms with Gasteiger partial charge in [-0.1, -0.05) is 20.8 Å². The lowest BCUT2D eigenvalue weighted by atomic mass is 9.77. The van der Waals surface area contributed by atoms with Crippen LogP contribution in [0.2, 0.25) is 0 Å². The summed E-state index contributed by atoms with van der Waals surface area (Å²) in [5.74, 6) is 0.192. The van der Waals surface area contributed by atoms with Gasteiger partial charge in [-0.3, -0.25) is 4.79 Å². The van der Waals surface area contributed by atoms with Gasteiger partial charge in [0.25, 0.3) is 0 Å². The molecule has 3 heterocycles. The molecule has 0 radical (unpaired) electrons. The van der Waals surface area contributed by atoms with E-state index in [-0.39, 0.29) is 23.1 Å². The number of rotatable bonds is 5. The Morgan fingerprint density at radius 2 is 1.97 bits per heavy atom. The first-order chi connectivity index (χ1) is 14.7. The lowest BCUT2D eigenvalue weighted by Gasteiger charge is -2.39. The fourth-order valence-corrected chi connectivity index (χ4v) is 4.74. The van der Waals surface area contributed by atoms with E-state index >= 15 is 0 Å². The molecule has 166 valence electrons. The van der Waals surface area contributed by atoms with Crippen molar-refractivity contribution in [1.29, 1.82) is 0 Å². The SMILES string of the molecule is COCCC1Cc2c3c(cc(OC)c2O1)-c1cc(=O)c(C(=O)O)cn1C(C(C)(C)C)C3. The van der Waals surface area contributed by atoms with Crippen molar-refractivity contribution in [2.45, 2.75) is 52.2 Å². The van der Waals surface area contributed by atoms with Crippen LogP contribution in [0.4, 0.5) is 0 Å². The molecule has 0 saturated carbocycles. The van der Waals surface area contributed by atoms with Gasteiger partial charge in [-0.05, 0) is 23.5 Å². The minimum absolute atomic E-state index is 0.00998. The van der Waals surface area contributed by atoms with Gasteiger partial charge in [0.2, 0.25) is 0 Å². The summed E-state index contributed by atoms with van der Waals surface area (Å²) in [5.41, 5.74) is 3.03. The van der Waals surface area contributed by atoms with E-state index in [2.05, 4.69) is 20.8 Å². The molecule has 0 saturated heterocycles. The number of carboxylic acids is 1. The van der Waals surface area contributed by atoms with Crippen molar-refractivity contribution in [3.05, 3.63) is 45.2 Å². The van der Waals surface area contributed by atoms with Crippen molar-refractivity contribution >= 4 is 5.97 Å². The Hall–Kier alpha value is -2.80. The second-order valence-corrected chi connectivity index (χ2v) is 9.37. The summed E-state index contributed by atoms with van der Waals surface area (Å²) in [5, 5.41) is 9.50. The average molecular weight is 427 g/mol. The molecule has 1 N–H and O–H groups in total. The number of hydrogen-bond acceptors (Lipinski definition) is 5. The summed E-state index contributed by atoms with van der Waals surface area (Å²) < 4.78 is 19.1. The van der Waals surface area contributed by atoms with Crippen LogP contribution in [0.3, 0.4) is 0 Å². The molecule has 7 heteroatoms. The van der Waals surface area contributed by atoms with E-state index in [4.69, 9.17) is 14.2 Å². The van der Waals surface area contributed by atoms with Gasteiger partial charge < -0.3 is 23.9 Å². The van der Waals surface area contributed by atoms with E-state index in [1.54, 1.807) is 14.2 Å². The Kier molecular flexibility index (Phi) is 5.33. The maximum atomic E-state index is 12.6. The van der Waals surface area contributed by atoms with E-state index < -0.39 is 11.4 Å². The third-order valence-electron chi connectivity index (χ3n) is 6.36. The molecule has 2 unspecified atom stereocenters. The quantitative estimate of drug-likeness (QED) is 0.783. The molecule has 1 aromatic heterocycles. The molecular formula is C24H29NO6. The fraction of sp³-hybridized carbons (Fsp3) is 0.500. The predicted octanol–water partition coefficient (Wildman–Crippen LogP) is 3.71. The molecule has 4 rings (SSSR count). The molecular weight excluding hydrogens is 398 g/mol. The van der Waals surface area contributed by atoms with Gasteiger partial charge in [-0.25, -0.2) is 4.79 Å². The molecule has 0 amide bonds.